The minimum absolute atomic E-state index is 0. The number of nitrogens with zero attached hydrogens (tertiary/aromatic N) is 1. The van der Waals surface area contributed by atoms with Gasteiger partial charge in [0.1, 0.15) is 0 Å². The van der Waals surface area contributed by atoms with Crippen molar-refractivity contribution in [1.29, 1.82) is 0 Å². The smallest absolute Gasteiger partial charge is 0.239 e. The molecule has 0 unspecified atom stereocenters. The molecule has 1 atom stereocenters. The van der Waals surface area contributed by atoms with E-state index in [1.165, 1.54) is 0 Å². The zero-order valence-electron chi connectivity index (χ0n) is 9.03. The van der Waals surface area contributed by atoms with Crippen LogP contribution in [0.1, 0.15) is 33.1 Å². The number of rotatable bonds is 3. The topological polar surface area (TPSA) is 46.3 Å². The maximum Gasteiger partial charge on any atom is 0.239 e. The number of hydrogen-bond acceptors (Lipinski definition) is 2. The molecule has 0 aliphatic carbocycles. The minimum atomic E-state index is -0.280. The Balaban J connectivity index is 0.00000169. The summed E-state index contributed by atoms with van der Waals surface area (Å²) < 4.78 is 0. The van der Waals surface area contributed by atoms with Gasteiger partial charge in [-0.05, 0) is 25.2 Å². The fourth-order valence-corrected chi connectivity index (χ4v) is 1.78. The second-order valence-corrected chi connectivity index (χ2v) is 4.27. The summed E-state index contributed by atoms with van der Waals surface area (Å²) >= 11 is 0. The molecule has 84 valence electrons. The number of likely N-dealkylation sites (tertiary alicyclic amines) is 1. The van der Waals surface area contributed by atoms with Crippen LogP contribution in [0.15, 0.2) is 0 Å². The van der Waals surface area contributed by atoms with Gasteiger partial charge in [0, 0.05) is 13.1 Å². The van der Waals surface area contributed by atoms with E-state index in [-0.39, 0.29) is 24.4 Å². The van der Waals surface area contributed by atoms with Crippen LogP contribution in [-0.2, 0) is 4.79 Å². The highest BCUT2D eigenvalue weighted by Crippen LogP contribution is 2.11. The highest BCUT2D eigenvalue weighted by molar-refractivity contribution is 5.85. The molecule has 1 aliphatic rings. The highest BCUT2D eigenvalue weighted by atomic mass is 35.5. The van der Waals surface area contributed by atoms with Gasteiger partial charge in [-0.25, -0.2) is 0 Å². The summed E-state index contributed by atoms with van der Waals surface area (Å²) in [7, 11) is 0. The molecular formula is C10H21ClN2O. The van der Waals surface area contributed by atoms with Crippen molar-refractivity contribution in [3.63, 3.8) is 0 Å². The lowest BCUT2D eigenvalue weighted by molar-refractivity contribution is -0.131. The Morgan fingerprint density at radius 2 is 1.86 bits per heavy atom. The maximum atomic E-state index is 11.7. The summed E-state index contributed by atoms with van der Waals surface area (Å²) in [6.07, 6.45) is 3.08. The maximum absolute atomic E-state index is 11.7. The van der Waals surface area contributed by atoms with E-state index in [9.17, 15) is 4.79 Å². The van der Waals surface area contributed by atoms with Crippen molar-refractivity contribution in [2.45, 2.75) is 39.2 Å². The first-order chi connectivity index (χ1) is 6.11. The van der Waals surface area contributed by atoms with Crippen molar-refractivity contribution in [1.82, 2.24) is 4.90 Å². The zero-order chi connectivity index (χ0) is 9.84. The number of carbonyl (C=O) groups is 1. The van der Waals surface area contributed by atoms with Crippen molar-refractivity contribution >= 4 is 18.3 Å². The third-order valence-electron chi connectivity index (χ3n) is 2.46. The van der Waals surface area contributed by atoms with Crippen LogP contribution in [-0.4, -0.2) is 29.9 Å². The fraction of sp³-hybridized carbons (Fsp3) is 0.900. The number of nitrogens with two attached hydrogens (primary N) is 1. The molecule has 0 bridgehead atoms. The van der Waals surface area contributed by atoms with Gasteiger partial charge in [0.15, 0.2) is 0 Å². The van der Waals surface area contributed by atoms with Gasteiger partial charge < -0.3 is 10.6 Å². The zero-order valence-corrected chi connectivity index (χ0v) is 9.85. The predicted octanol–water partition coefficient (Wildman–Crippen LogP) is 1.40. The van der Waals surface area contributed by atoms with Gasteiger partial charge in [0.05, 0.1) is 6.04 Å². The minimum Gasteiger partial charge on any atom is -0.341 e. The van der Waals surface area contributed by atoms with Crippen LogP contribution in [0.5, 0.6) is 0 Å². The molecule has 4 heteroatoms. The Labute approximate surface area is 92.4 Å². The van der Waals surface area contributed by atoms with E-state index in [0.29, 0.717) is 5.92 Å². The summed E-state index contributed by atoms with van der Waals surface area (Å²) in [5.74, 6) is 0.646. The highest BCUT2D eigenvalue weighted by Gasteiger charge is 2.23. The number of halogens is 1. The average molecular weight is 221 g/mol. The monoisotopic (exact) mass is 220 g/mol. The van der Waals surface area contributed by atoms with Gasteiger partial charge in [-0.1, -0.05) is 13.8 Å². The molecule has 0 saturated carbocycles. The SMILES string of the molecule is CC(C)C[C@H](N)C(=O)N1CCCC1.Cl. The van der Waals surface area contributed by atoms with Crippen molar-refractivity contribution in [3.05, 3.63) is 0 Å². The van der Waals surface area contributed by atoms with E-state index in [1.807, 2.05) is 4.90 Å². The quantitative estimate of drug-likeness (QED) is 0.782. The van der Waals surface area contributed by atoms with Crippen molar-refractivity contribution in [2.75, 3.05) is 13.1 Å². The molecule has 2 N–H and O–H groups in total. The molecule has 1 aliphatic heterocycles. The van der Waals surface area contributed by atoms with Crippen molar-refractivity contribution < 1.29 is 4.79 Å². The third-order valence-corrected chi connectivity index (χ3v) is 2.46. The summed E-state index contributed by atoms with van der Waals surface area (Å²) in [5.41, 5.74) is 5.81. The van der Waals surface area contributed by atoms with Crippen LogP contribution in [0, 0.1) is 5.92 Å². The van der Waals surface area contributed by atoms with E-state index in [4.69, 9.17) is 5.73 Å². The molecule has 1 fully saturated rings. The summed E-state index contributed by atoms with van der Waals surface area (Å²) in [4.78, 5) is 13.6. The molecular weight excluding hydrogens is 200 g/mol. The summed E-state index contributed by atoms with van der Waals surface area (Å²) in [6.45, 7) is 6.00. The molecule has 1 heterocycles. The van der Waals surface area contributed by atoms with Crippen LogP contribution in [0.2, 0.25) is 0 Å². The molecule has 0 aromatic carbocycles. The molecule has 1 amide bonds. The lowest BCUT2D eigenvalue weighted by Crippen LogP contribution is -2.42. The molecule has 0 spiro atoms. The summed E-state index contributed by atoms with van der Waals surface area (Å²) in [5, 5.41) is 0. The van der Waals surface area contributed by atoms with E-state index >= 15 is 0 Å². The second kappa shape index (κ2) is 6.25. The van der Waals surface area contributed by atoms with Crippen molar-refractivity contribution in [2.24, 2.45) is 11.7 Å². The van der Waals surface area contributed by atoms with Crippen LogP contribution < -0.4 is 5.73 Å². The molecule has 0 radical (unpaired) electrons. The Morgan fingerprint density at radius 3 is 2.29 bits per heavy atom. The molecule has 0 aromatic heterocycles. The van der Waals surface area contributed by atoms with Gasteiger partial charge in [-0.2, -0.15) is 0 Å². The number of hydrogen-bond donors (Lipinski definition) is 1. The first-order valence-corrected chi connectivity index (χ1v) is 5.15. The Hall–Kier alpha value is -0.280. The summed E-state index contributed by atoms with van der Waals surface area (Å²) in [6, 6.07) is -0.280. The van der Waals surface area contributed by atoms with Gasteiger partial charge in [0.25, 0.3) is 0 Å². The first kappa shape index (κ1) is 13.7. The van der Waals surface area contributed by atoms with Gasteiger partial charge in [-0.15, -0.1) is 12.4 Å². The Morgan fingerprint density at radius 1 is 1.36 bits per heavy atom. The molecule has 1 saturated heterocycles. The number of carbonyl (C=O) groups excluding carboxylic acids is 1. The molecule has 1 rings (SSSR count). The standard InChI is InChI=1S/C10H20N2O.ClH/c1-8(2)7-9(11)10(13)12-5-3-4-6-12;/h8-9H,3-7,11H2,1-2H3;1H/t9-;/m0./s1. The number of amides is 1. The predicted molar refractivity (Wildman–Crippen MR) is 60.5 cm³/mol. The van der Waals surface area contributed by atoms with E-state index in [0.717, 1.165) is 32.4 Å². The largest absolute Gasteiger partial charge is 0.341 e. The lowest BCUT2D eigenvalue weighted by Gasteiger charge is -2.21. The molecule has 14 heavy (non-hydrogen) atoms. The average Bonchev–Trinajstić information content (AvgIpc) is 2.53. The van der Waals surface area contributed by atoms with Gasteiger partial charge in [0.2, 0.25) is 5.91 Å². The van der Waals surface area contributed by atoms with Crippen LogP contribution in [0.4, 0.5) is 0 Å². The van der Waals surface area contributed by atoms with E-state index in [2.05, 4.69) is 13.8 Å². The van der Waals surface area contributed by atoms with Gasteiger partial charge >= 0.3 is 0 Å². The van der Waals surface area contributed by atoms with E-state index < -0.39 is 0 Å². The van der Waals surface area contributed by atoms with Crippen LogP contribution >= 0.6 is 12.4 Å². The molecule has 3 nitrogen and oxygen atoms in total. The molecule has 0 aromatic rings. The fourth-order valence-electron chi connectivity index (χ4n) is 1.78. The third kappa shape index (κ3) is 3.84. The van der Waals surface area contributed by atoms with Crippen molar-refractivity contribution in [3.8, 4) is 0 Å². The van der Waals surface area contributed by atoms with Crippen LogP contribution in [0.25, 0.3) is 0 Å². The Bertz CT molecular complexity index is 179. The van der Waals surface area contributed by atoms with E-state index in [1.54, 1.807) is 0 Å². The van der Waals surface area contributed by atoms with Gasteiger partial charge in [-0.3, -0.25) is 4.79 Å². The normalized spacial score (nSPS) is 18.1. The Kier molecular flexibility index (Phi) is 6.12. The second-order valence-electron chi connectivity index (χ2n) is 4.27. The van der Waals surface area contributed by atoms with Crippen LogP contribution in [0.3, 0.4) is 0 Å². The first-order valence-electron chi connectivity index (χ1n) is 5.15. The lowest BCUT2D eigenvalue weighted by atomic mass is 10.0.